The molecule has 0 aromatic heterocycles. The van der Waals surface area contributed by atoms with Crippen molar-refractivity contribution in [2.45, 2.75) is 31.6 Å². The normalized spacial score (nSPS) is 10.8. The van der Waals surface area contributed by atoms with Crippen molar-refractivity contribution in [2.75, 3.05) is 11.9 Å². The molecule has 1 rings (SSSR count). The fourth-order valence-corrected chi connectivity index (χ4v) is 2.58. The molecule has 122 valence electrons. The van der Waals surface area contributed by atoms with Crippen molar-refractivity contribution in [3.05, 3.63) is 24.3 Å². The number of carbonyl (C=O) groups is 1. The molecule has 22 heavy (non-hydrogen) atoms. The molecule has 0 atom stereocenters. The third-order valence-corrected chi connectivity index (χ3v) is 4.11. The molecule has 0 radical (unpaired) electrons. The Morgan fingerprint density at radius 1 is 1.23 bits per heavy atom. The predicted octanol–water partition coefficient (Wildman–Crippen LogP) is 1.10. The molecule has 9 heteroatoms. The maximum atomic E-state index is 12.1. The summed E-state index contributed by atoms with van der Waals surface area (Å²) < 4.78 is 24.1. The van der Waals surface area contributed by atoms with Crippen LogP contribution in [0.3, 0.4) is 0 Å². The van der Waals surface area contributed by atoms with E-state index in [0.29, 0.717) is 12.2 Å². The van der Waals surface area contributed by atoms with Crippen LogP contribution < -0.4 is 20.9 Å². The number of hydrazine groups is 1. The van der Waals surface area contributed by atoms with Gasteiger partial charge in [0.05, 0.1) is 4.90 Å². The standard InChI is InChI=1S/C13H20N4O3S2/c1-3-4-9-14-13(21)16-17-22(19,20)12-7-5-11(6-8-12)15-10(2)18/h5-8,17H,3-4,9H2,1-2H3,(H,15,18)(H2,14,16,21). The van der Waals surface area contributed by atoms with Gasteiger partial charge in [0.2, 0.25) is 5.91 Å². The highest BCUT2D eigenvalue weighted by molar-refractivity contribution is 7.89. The van der Waals surface area contributed by atoms with Crippen molar-refractivity contribution in [1.29, 1.82) is 0 Å². The van der Waals surface area contributed by atoms with E-state index in [9.17, 15) is 13.2 Å². The largest absolute Gasteiger partial charge is 0.362 e. The molecule has 0 unspecified atom stereocenters. The molecule has 0 aliphatic rings. The second-order valence-electron chi connectivity index (χ2n) is 4.55. The van der Waals surface area contributed by atoms with Crippen LogP contribution in [-0.4, -0.2) is 26.0 Å². The van der Waals surface area contributed by atoms with E-state index in [1.165, 1.54) is 31.2 Å². The number of sulfonamides is 1. The average molecular weight is 344 g/mol. The molecule has 0 saturated heterocycles. The van der Waals surface area contributed by atoms with Crippen molar-refractivity contribution in [1.82, 2.24) is 15.6 Å². The summed E-state index contributed by atoms with van der Waals surface area (Å²) in [5.74, 6) is -0.223. The molecule has 4 N–H and O–H groups in total. The van der Waals surface area contributed by atoms with E-state index in [1.54, 1.807) is 0 Å². The molecular formula is C13H20N4O3S2. The van der Waals surface area contributed by atoms with Crippen molar-refractivity contribution in [2.24, 2.45) is 0 Å². The minimum atomic E-state index is -3.73. The smallest absolute Gasteiger partial charge is 0.257 e. The van der Waals surface area contributed by atoms with Crippen LogP contribution >= 0.6 is 12.2 Å². The second-order valence-corrected chi connectivity index (χ2v) is 6.64. The molecule has 0 heterocycles. The lowest BCUT2D eigenvalue weighted by Crippen LogP contribution is -2.46. The van der Waals surface area contributed by atoms with Crippen LogP contribution in [0.25, 0.3) is 0 Å². The third kappa shape index (κ3) is 6.37. The molecule has 7 nitrogen and oxygen atoms in total. The zero-order valence-electron chi connectivity index (χ0n) is 12.5. The van der Waals surface area contributed by atoms with Crippen LogP contribution in [0.1, 0.15) is 26.7 Å². The van der Waals surface area contributed by atoms with Gasteiger partial charge < -0.3 is 10.6 Å². The number of anilines is 1. The molecular weight excluding hydrogens is 324 g/mol. The number of thiocarbonyl (C=S) groups is 1. The van der Waals surface area contributed by atoms with Crippen LogP contribution in [0.4, 0.5) is 5.69 Å². The number of benzene rings is 1. The van der Waals surface area contributed by atoms with E-state index in [0.717, 1.165) is 12.8 Å². The topological polar surface area (TPSA) is 99.3 Å². The first-order valence-corrected chi connectivity index (χ1v) is 8.67. The first kappa shape index (κ1) is 18.3. The van der Waals surface area contributed by atoms with E-state index in [-0.39, 0.29) is 15.9 Å². The molecule has 0 aliphatic carbocycles. The quantitative estimate of drug-likeness (QED) is 0.336. The summed E-state index contributed by atoms with van der Waals surface area (Å²) in [5, 5.41) is 5.66. The molecule has 0 saturated carbocycles. The summed E-state index contributed by atoms with van der Waals surface area (Å²) in [6, 6.07) is 5.80. The Balaban J connectivity index is 2.58. The van der Waals surface area contributed by atoms with Gasteiger partial charge in [-0.15, -0.1) is 4.83 Å². The van der Waals surface area contributed by atoms with Gasteiger partial charge in [-0.05, 0) is 42.9 Å². The third-order valence-electron chi connectivity index (χ3n) is 2.60. The fraction of sp³-hybridized carbons (Fsp3) is 0.385. The molecule has 0 aliphatic heterocycles. The van der Waals surface area contributed by atoms with Crippen LogP contribution in [0.5, 0.6) is 0 Å². The van der Waals surface area contributed by atoms with Gasteiger partial charge in [-0.1, -0.05) is 13.3 Å². The monoisotopic (exact) mass is 344 g/mol. The maximum absolute atomic E-state index is 12.1. The van der Waals surface area contributed by atoms with Gasteiger partial charge in [0.25, 0.3) is 10.0 Å². The number of unbranched alkanes of at least 4 members (excludes halogenated alkanes) is 1. The van der Waals surface area contributed by atoms with Crippen LogP contribution in [0.2, 0.25) is 0 Å². The Hall–Kier alpha value is -1.71. The molecule has 0 bridgehead atoms. The van der Waals surface area contributed by atoms with Crippen LogP contribution in [0, 0.1) is 0 Å². The predicted molar refractivity (Wildman–Crippen MR) is 89.7 cm³/mol. The van der Waals surface area contributed by atoms with Gasteiger partial charge in [0, 0.05) is 19.2 Å². The molecule has 0 spiro atoms. The molecule has 0 fully saturated rings. The van der Waals surface area contributed by atoms with Crippen LogP contribution in [0.15, 0.2) is 29.2 Å². The summed E-state index contributed by atoms with van der Waals surface area (Å²) in [7, 11) is -3.73. The Morgan fingerprint density at radius 2 is 1.86 bits per heavy atom. The highest BCUT2D eigenvalue weighted by Crippen LogP contribution is 2.13. The number of hydrogen-bond donors (Lipinski definition) is 4. The van der Waals surface area contributed by atoms with Crippen molar-refractivity contribution < 1.29 is 13.2 Å². The number of amides is 1. The summed E-state index contributed by atoms with van der Waals surface area (Å²) in [6.45, 7) is 4.10. The highest BCUT2D eigenvalue weighted by Gasteiger charge is 2.14. The first-order valence-electron chi connectivity index (χ1n) is 6.78. The number of rotatable bonds is 7. The maximum Gasteiger partial charge on any atom is 0.257 e. The minimum absolute atomic E-state index is 0.0606. The van der Waals surface area contributed by atoms with Crippen molar-refractivity contribution in [3.63, 3.8) is 0 Å². The SMILES string of the molecule is CCCCNC(=S)NNS(=O)(=O)c1ccc(NC(C)=O)cc1. The lowest BCUT2D eigenvalue weighted by atomic mass is 10.3. The zero-order valence-corrected chi connectivity index (χ0v) is 14.1. The van der Waals surface area contributed by atoms with Crippen LogP contribution in [-0.2, 0) is 14.8 Å². The van der Waals surface area contributed by atoms with E-state index in [1.807, 2.05) is 6.92 Å². The highest BCUT2D eigenvalue weighted by atomic mass is 32.2. The van der Waals surface area contributed by atoms with Crippen molar-refractivity contribution in [3.8, 4) is 0 Å². The van der Waals surface area contributed by atoms with E-state index < -0.39 is 10.0 Å². The summed E-state index contributed by atoms with van der Waals surface area (Å²) >= 11 is 4.96. The summed E-state index contributed by atoms with van der Waals surface area (Å²) in [4.78, 5) is 13.2. The number of carbonyl (C=O) groups excluding carboxylic acids is 1. The van der Waals surface area contributed by atoms with Crippen molar-refractivity contribution >= 4 is 38.9 Å². The Morgan fingerprint density at radius 3 is 2.41 bits per heavy atom. The average Bonchev–Trinajstić information content (AvgIpc) is 2.45. The molecule has 1 aromatic rings. The van der Waals surface area contributed by atoms with Gasteiger partial charge in [0.1, 0.15) is 0 Å². The van der Waals surface area contributed by atoms with Gasteiger partial charge >= 0.3 is 0 Å². The fourth-order valence-electron chi connectivity index (χ4n) is 1.52. The molecule has 1 amide bonds. The summed E-state index contributed by atoms with van der Waals surface area (Å²) in [6.07, 6.45) is 1.96. The number of hydrogen-bond acceptors (Lipinski definition) is 4. The Kier molecular flexibility index (Phi) is 7.22. The zero-order chi connectivity index (χ0) is 16.6. The van der Waals surface area contributed by atoms with Gasteiger partial charge in [-0.2, -0.15) is 0 Å². The second kappa shape index (κ2) is 8.66. The Bertz CT molecular complexity index is 615. The van der Waals surface area contributed by atoms with Gasteiger partial charge in [-0.3, -0.25) is 10.2 Å². The lowest BCUT2D eigenvalue weighted by molar-refractivity contribution is -0.114. The van der Waals surface area contributed by atoms with Gasteiger partial charge in [0.15, 0.2) is 5.11 Å². The molecule has 1 aromatic carbocycles. The van der Waals surface area contributed by atoms with E-state index in [4.69, 9.17) is 12.2 Å². The summed E-state index contributed by atoms with van der Waals surface area (Å²) in [5.41, 5.74) is 2.96. The number of nitrogens with one attached hydrogen (secondary N) is 4. The lowest BCUT2D eigenvalue weighted by Gasteiger charge is -2.12. The Labute approximate surface area is 135 Å². The van der Waals surface area contributed by atoms with Gasteiger partial charge in [-0.25, -0.2) is 8.42 Å². The van der Waals surface area contributed by atoms with E-state index >= 15 is 0 Å². The van der Waals surface area contributed by atoms with E-state index in [2.05, 4.69) is 20.9 Å². The minimum Gasteiger partial charge on any atom is -0.362 e. The first-order chi connectivity index (χ1) is 10.3.